The zero-order valence-corrected chi connectivity index (χ0v) is 21.6. The van der Waals surface area contributed by atoms with Gasteiger partial charge in [-0.05, 0) is 68.7 Å². The Morgan fingerprint density at radius 2 is 1.86 bits per heavy atom. The number of amidine groups is 1. The minimum atomic E-state index is -1.10. The van der Waals surface area contributed by atoms with Gasteiger partial charge in [-0.1, -0.05) is 6.07 Å². The molecule has 1 fully saturated rings. The van der Waals surface area contributed by atoms with E-state index in [0.717, 1.165) is 41.0 Å². The van der Waals surface area contributed by atoms with Crippen LogP contribution in [-0.4, -0.2) is 58.4 Å². The van der Waals surface area contributed by atoms with Gasteiger partial charge in [0.15, 0.2) is 0 Å². The van der Waals surface area contributed by atoms with Crippen molar-refractivity contribution in [2.75, 3.05) is 31.6 Å². The number of aryl methyl sites for hydroxylation is 1. The van der Waals surface area contributed by atoms with Crippen LogP contribution in [0, 0.1) is 5.41 Å². The first kappa shape index (κ1) is 26.2. The van der Waals surface area contributed by atoms with Gasteiger partial charge in [0.05, 0.1) is 30.7 Å². The fraction of sp³-hybridized carbons (Fsp3) is 0.407. The summed E-state index contributed by atoms with van der Waals surface area (Å²) in [6, 6.07) is 13.2. The SMILES string of the molecule is CCOC(=O)CNC(C)(C(=O)N1CCCC1)c1ccc2c(c1)nc(CNc1ccc(C(=N)N)cc1)n2C. The van der Waals surface area contributed by atoms with Crippen molar-refractivity contribution in [3.63, 3.8) is 0 Å². The Labute approximate surface area is 216 Å². The van der Waals surface area contributed by atoms with Crippen molar-refractivity contribution < 1.29 is 14.3 Å². The Morgan fingerprint density at radius 1 is 1.16 bits per heavy atom. The number of ether oxygens (including phenoxy) is 1. The highest BCUT2D eigenvalue weighted by Crippen LogP contribution is 2.29. The third-order valence-electron chi connectivity index (χ3n) is 6.91. The van der Waals surface area contributed by atoms with E-state index in [4.69, 9.17) is 20.9 Å². The van der Waals surface area contributed by atoms with Crippen LogP contribution in [-0.2, 0) is 33.5 Å². The van der Waals surface area contributed by atoms with Crippen LogP contribution < -0.4 is 16.4 Å². The van der Waals surface area contributed by atoms with E-state index in [1.165, 1.54) is 0 Å². The number of nitrogens with two attached hydrogens (primary N) is 1. The number of fused-ring (bicyclic) bond motifs is 1. The van der Waals surface area contributed by atoms with Gasteiger partial charge in [0, 0.05) is 31.4 Å². The van der Waals surface area contributed by atoms with Crippen LogP contribution in [0.15, 0.2) is 42.5 Å². The van der Waals surface area contributed by atoms with E-state index in [-0.39, 0.29) is 24.9 Å². The Morgan fingerprint density at radius 3 is 2.51 bits per heavy atom. The summed E-state index contributed by atoms with van der Waals surface area (Å²) in [7, 11) is 1.96. The van der Waals surface area contributed by atoms with E-state index in [9.17, 15) is 9.59 Å². The lowest BCUT2D eigenvalue weighted by Gasteiger charge is -2.33. The topological polar surface area (TPSA) is 138 Å². The number of rotatable bonds is 10. The standard InChI is InChI=1S/C27H35N7O3/c1-4-37-24(35)17-31-27(2,26(36)34-13-5-6-14-34)19-9-12-22-21(15-19)32-23(33(22)3)16-30-20-10-7-18(8-11-20)25(28)29/h7-12,15,30-31H,4-6,13-14,16-17H2,1-3H3,(H3,28,29). The van der Waals surface area contributed by atoms with E-state index in [1.54, 1.807) is 19.1 Å². The van der Waals surface area contributed by atoms with Crippen molar-refractivity contribution in [1.29, 1.82) is 5.41 Å². The minimum Gasteiger partial charge on any atom is -0.465 e. The molecule has 3 aromatic rings. The van der Waals surface area contributed by atoms with Crippen LogP contribution in [0.3, 0.4) is 0 Å². The van der Waals surface area contributed by atoms with E-state index in [1.807, 2.05) is 53.8 Å². The fourth-order valence-electron chi connectivity index (χ4n) is 4.67. The Balaban J connectivity index is 1.59. The average molecular weight is 506 g/mol. The predicted molar refractivity (Wildman–Crippen MR) is 143 cm³/mol. The summed E-state index contributed by atoms with van der Waals surface area (Å²) >= 11 is 0. The zero-order valence-electron chi connectivity index (χ0n) is 21.6. The molecule has 5 N–H and O–H groups in total. The smallest absolute Gasteiger partial charge is 0.319 e. The molecular weight excluding hydrogens is 470 g/mol. The molecule has 4 rings (SSSR count). The molecule has 1 aliphatic rings. The lowest BCUT2D eigenvalue weighted by atomic mass is 9.89. The number of benzene rings is 2. The van der Waals surface area contributed by atoms with Crippen LogP contribution in [0.5, 0.6) is 0 Å². The van der Waals surface area contributed by atoms with Crippen LogP contribution in [0.25, 0.3) is 11.0 Å². The summed E-state index contributed by atoms with van der Waals surface area (Å²) < 4.78 is 7.10. The van der Waals surface area contributed by atoms with E-state index < -0.39 is 11.5 Å². The van der Waals surface area contributed by atoms with E-state index in [0.29, 0.717) is 25.2 Å². The lowest BCUT2D eigenvalue weighted by molar-refractivity contribution is -0.143. The van der Waals surface area contributed by atoms with E-state index >= 15 is 0 Å². The molecule has 0 spiro atoms. The van der Waals surface area contributed by atoms with Crippen LogP contribution in [0.2, 0.25) is 0 Å². The summed E-state index contributed by atoms with van der Waals surface area (Å²) in [6.45, 7) is 5.72. The second-order valence-corrected chi connectivity index (χ2v) is 9.42. The largest absolute Gasteiger partial charge is 0.465 e. The number of nitrogen functional groups attached to an aromatic ring is 1. The molecule has 1 aromatic heterocycles. The molecule has 2 heterocycles. The van der Waals surface area contributed by atoms with Gasteiger partial charge in [-0.25, -0.2) is 4.98 Å². The molecule has 1 atom stereocenters. The molecule has 2 aromatic carbocycles. The summed E-state index contributed by atoms with van der Waals surface area (Å²) in [5.41, 5.74) is 8.45. The monoisotopic (exact) mass is 505 g/mol. The molecule has 1 unspecified atom stereocenters. The van der Waals surface area contributed by atoms with E-state index in [2.05, 4.69) is 10.6 Å². The molecule has 0 saturated carbocycles. The molecule has 0 bridgehead atoms. The van der Waals surface area contributed by atoms with Gasteiger partial charge in [0.1, 0.15) is 17.2 Å². The quantitative estimate of drug-likeness (QED) is 0.189. The van der Waals surface area contributed by atoms with Crippen molar-refractivity contribution >= 4 is 34.4 Å². The highest BCUT2D eigenvalue weighted by atomic mass is 16.5. The second-order valence-electron chi connectivity index (χ2n) is 9.42. The normalized spacial score (nSPS) is 14.9. The molecule has 196 valence electrons. The first-order chi connectivity index (χ1) is 17.7. The summed E-state index contributed by atoms with van der Waals surface area (Å²) in [6.07, 6.45) is 1.96. The van der Waals surface area contributed by atoms with Gasteiger partial charge in [0.25, 0.3) is 0 Å². The Hall–Kier alpha value is -3.92. The highest BCUT2D eigenvalue weighted by Gasteiger charge is 2.39. The fourth-order valence-corrected chi connectivity index (χ4v) is 4.67. The predicted octanol–water partition coefficient (Wildman–Crippen LogP) is 2.46. The first-order valence-corrected chi connectivity index (χ1v) is 12.6. The van der Waals surface area contributed by atoms with Crippen molar-refractivity contribution in [3.05, 3.63) is 59.4 Å². The van der Waals surface area contributed by atoms with Gasteiger partial charge in [-0.15, -0.1) is 0 Å². The second kappa shape index (κ2) is 11.0. The molecular formula is C27H35N7O3. The van der Waals surface area contributed by atoms with Crippen molar-refractivity contribution in [1.82, 2.24) is 19.8 Å². The molecule has 0 aliphatic carbocycles. The number of nitrogens with zero attached hydrogens (tertiary/aromatic N) is 3. The van der Waals surface area contributed by atoms with Crippen LogP contribution >= 0.6 is 0 Å². The summed E-state index contributed by atoms with van der Waals surface area (Å²) in [4.78, 5) is 32.4. The Bertz CT molecular complexity index is 1300. The van der Waals surface area contributed by atoms with Gasteiger partial charge in [0.2, 0.25) is 5.91 Å². The molecule has 0 radical (unpaired) electrons. The number of hydrogen-bond donors (Lipinski definition) is 4. The van der Waals surface area contributed by atoms with Crippen molar-refractivity contribution in [3.8, 4) is 0 Å². The summed E-state index contributed by atoms with van der Waals surface area (Å²) in [5, 5.41) is 14.1. The highest BCUT2D eigenvalue weighted by molar-refractivity contribution is 5.95. The maximum Gasteiger partial charge on any atom is 0.319 e. The number of aromatic nitrogens is 2. The third kappa shape index (κ3) is 5.59. The maximum atomic E-state index is 13.6. The molecule has 37 heavy (non-hydrogen) atoms. The number of esters is 1. The lowest BCUT2D eigenvalue weighted by Crippen LogP contribution is -2.54. The number of imidazole rings is 1. The molecule has 1 saturated heterocycles. The first-order valence-electron chi connectivity index (χ1n) is 12.6. The number of nitrogens with one attached hydrogen (secondary N) is 3. The third-order valence-corrected chi connectivity index (χ3v) is 6.91. The summed E-state index contributed by atoms with van der Waals surface area (Å²) in [5.74, 6) is 0.409. The van der Waals surface area contributed by atoms with Crippen molar-refractivity contribution in [2.24, 2.45) is 12.8 Å². The number of likely N-dealkylation sites (tertiary alicyclic amines) is 1. The van der Waals surface area contributed by atoms with Crippen LogP contribution in [0.4, 0.5) is 5.69 Å². The average Bonchev–Trinajstić information content (AvgIpc) is 3.54. The number of carbonyl (C=O) groups excluding carboxylic acids is 2. The number of hydrogen-bond acceptors (Lipinski definition) is 7. The van der Waals surface area contributed by atoms with Gasteiger partial charge in [-0.2, -0.15) is 0 Å². The molecule has 10 heteroatoms. The minimum absolute atomic E-state index is 0.0321. The van der Waals surface area contributed by atoms with Gasteiger partial charge < -0.3 is 25.3 Å². The molecule has 1 amide bonds. The number of amides is 1. The zero-order chi connectivity index (χ0) is 26.6. The Kier molecular flexibility index (Phi) is 7.77. The maximum absolute atomic E-state index is 13.6. The number of anilines is 1. The van der Waals surface area contributed by atoms with Crippen molar-refractivity contribution in [2.45, 2.75) is 38.8 Å². The number of carbonyl (C=O) groups is 2. The van der Waals surface area contributed by atoms with Crippen LogP contribution in [0.1, 0.15) is 43.6 Å². The molecule has 10 nitrogen and oxygen atoms in total. The van der Waals surface area contributed by atoms with Gasteiger partial charge in [-0.3, -0.25) is 20.3 Å². The molecule has 1 aliphatic heterocycles. The van der Waals surface area contributed by atoms with Gasteiger partial charge >= 0.3 is 5.97 Å².